The van der Waals surface area contributed by atoms with Crippen LogP contribution in [0.1, 0.15) is 25.8 Å². The summed E-state index contributed by atoms with van der Waals surface area (Å²) in [6.07, 6.45) is 2.23. The summed E-state index contributed by atoms with van der Waals surface area (Å²) in [5, 5.41) is 19.8. The number of imidazole rings is 1. The Morgan fingerprint density at radius 3 is 2.95 bits per heavy atom. The molecule has 0 radical (unpaired) electrons. The summed E-state index contributed by atoms with van der Waals surface area (Å²) in [6, 6.07) is -0.00230. The van der Waals surface area contributed by atoms with Crippen molar-refractivity contribution >= 4 is 28.7 Å². The standard InChI is InChI=1S/C12H16ClN5O2/c1-12(4-19)3-6(2-7(12)20)18-5-15-8-9(13)16-11(14)17-10(8)18/h5-7,19-20H,2-4H2,1H3,(H2,14,16,17)/t6-,7-,12+/m0/s1. The van der Waals surface area contributed by atoms with Crippen LogP contribution < -0.4 is 5.73 Å². The van der Waals surface area contributed by atoms with Crippen molar-refractivity contribution in [3.8, 4) is 0 Å². The number of hydrogen-bond acceptors (Lipinski definition) is 6. The molecule has 0 amide bonds. The summed E-state index contributed by atoms with van der Waals surface area (Å²) in [5.41, 5.74) is 6.16. The number of nitrogen functional groups attached to an aromatic ring is 1. The third-order valence-electron chi connectivity index (χ3n) is 4.15. The van der Waals surface area contributed by atoms with E-state index in [0.717, 1.165) is 0 Å². The molecule has 20 heavy (non-hydrogen) atoms. The lowest BCUT2D eigenvalue weighted by Gasteiger charge is -2.24. The largest absolute Gasteiger partial charge is 0.396 e. The first-order chi connectivity index (χ1) is 9.44. The Kier molecular flexibility index (Phi) is 3.07. The number of aliphatic hydroxyl groups excluding tert-OH is 2. The molecule has 0 unspecified atom stereocenters. The van der Waals surface area contributed by atoms with E-state index in [-0.39, 0.29) is 23.8 Å². The van der Waals surface area contributed by atoms with Crippen LogP contribution in [0.2, 0.25) is 5.15 Å². The van der Waals surface area contributed by atoms with E-state index in [9.17, 15) is 10.2 Å². The molecule has 7 nitrogen and oxygen atoms in total. The van der Waals surface area contributed by atoms with E-state index in [2.05, 4.69) is 15.0 Å². The third-order valence-corrected chi connectivity index (χ3v) is 4.42. The number of nitrogens with zero attached hydrogens (tertiary/aromatic N) is 4. The molecule has 2 aromatic heterocycles. The quantitative estimate of drug-likeness (QED) is 0.706. The minimum atomic E-state index is -0.565. The number of fused-ring (bicyclic) bond motifs is 1. The van der Waals surface area contributed by atoms with Crippen LogP contribution in [0.15, 0.2) is 6.33 Å². The van der Waals surface area contributed by atoms with Crippen LogP contribution in [-0.2, 0) is 0 Å². The van der Waals surface area contributed by atoms with Crippen LogP contribution in [-0.4, -0.2) is 42.4 Å². The van der Waals surface area contributed by atoms with Crippen LogP contribution in [0.5, 0.6) is 0 Å². The third kappa shape index (κ3) is 1.93. The van der Waals surface area contributed by atoms with Crippen molar-refractivity contribution in [3.05, 3.63) is 11.5 Å². The van der Waals surface area contributed by atoms with Gasteiger partial charge < -0.3 is 20.5 Å². The highest BCUT2D eigenvalue weighted by Crippen LogP contribution is 2.44. The van der Waals surface area contributed by atoms with E-state index in [1.54, 1.807) is 6.33 Å². The van der Waals surface area contributed by atoms with Gasteiger partial charge in [0.2, 0.25) is 5.95 Å². The molecule has 1 fully saturated rings. The van der Waals surface area contributed by atoms with E-state index >= 15 is 0 Å². The first-order valence-corrected chi connectivity index (χ1v) is 6.77. The van der Waals surface area contributed by atoms with Crippen molar-refractivity contribution in [2.45, 2.75) is 31.9 Å². The van der Waals surface area contributed by atoms with E-state index in [0.29, 0.717) is 24.0 Å². The molecule has 8 heteroatoms. The number of halogens is 1. The number of aromatic nitrogens is 4. The molecule has 4 N–H and O–H groups in total. The summed E-state index contributed by atoms with van der Waals surface area (Å²) in [4.78, 5) is 12.3. The summed E-state index contributed by atoms with van der Waals surface area (Å²) in [6.45, 7) is 1.81. The number of anilines is 1. The van der Waals surface area contributed by atoms with Crippen molar-refractivity contribution < 1.29 is 10.2 Å². The second kappa shape index (κ2) is 4.54. The molecule has 3 atom stereocenters. The van der Waals surface area contributed by atoms with E-state index in [4.69, 9.17) is 17.3 Å². The van der Waals surface area contributed by atoms with Gasteiger partial charge in [-0.2, -0.15) is 9.97 Å². The Labute approximate surface area is 120 Å². The minimum Gasteiger partial charge on any atom is -0.396 e. The highest BCUT2D eigenvalue weighted by molar-refractivity contribution is 6.33. The summed E-state index contributed by atoms with van der Waals surface area (Å²) in [7, 11) is 0. The van der Waals surface area contributed by atoms with Crippen molar-refractivity contribution in [3.63, 3.8) is 0 Å². The van der Waals surface area contributed by atoms with Gasteiger partial charge in [-0.1, -0.05) is 18.5 Å². The maximum absolute atomic E-state index is 10.1. The highest BCUT2D eigenvalue weighted by Gasteiger charge is 2.43. The van der Waals surface area contributed by atoms with Gasteiger partial charge in [0.05, 0.1) is 19.0 Å². The van der Waals surface area contributed by atoms with Crippen molar-refractivity contribution in [1.29, 1.82) is 0 Å². The maximum atomic E-state index is 10.1. The summed E-state index contributed by atoms with van der Waals surface area (Å²) >= 11 is 6.00. The molecule has 0 saturated heterocycles. The minimum absolute atomic E-state index is 0.00230. The van der Waals surface area contributed by atoms with Gasteiger partial charge in [0, 0.05) is 11.5 Å². The smallest absolute Gasteiger partial charge is 0.223 e. The monoisotopic (exact) mass is 297 g/mol. The zero-order valence-corrected chi connectivity index (χ0v) is 11.7. The Balaban J connectivity index is 2.04. The Bertz CT molecular complexity index is 661. The van der Waals surface area contributed by atoms with Gasteiger partial charge in [0.25, 0.3) is 0 Å². The fraction of sp³-hybridized carbons (Fsp3) is 0.583. The molecule has 1 aliphatic rings. The van der Waals surface area contributed by atoms with Crippen molar-refractivity contribution in [1.82, 2.24) is 19.5 Å². The zero-order chi connectivity index (χ0) is 14.5. The molecule has 0 spiro atoms. The van der Waals surface area contributed by atoms with Gasteiger partial charge >= 0.3 is 0 Å². The maximum Gasteiger partial charge on any atom is 0.223 e. The van der Waals surface area contributed by atoms with Gasteiger partial charge in [0.15, 0.2) is 10.8 Å². The lowest BCUT2D eigenvalue weighted by Crippen LogP contribution is -2.30. The molecule has 0 aliphatic heterocycles. The highest BCUT2D eigenvalue weighted by atomic mass is 35.5. The van der Waals surface area contributed by atoms with Gasteiger partial charge in [-0.05, 0) is 12.8 Å². The first kappa shape index (κ1) is 13.5. The van der Waals surface area contributed by atoms with Gasteiger partial charge in [0.1, 0.15) is 5.52 Å². The summed E-state index contributed by atoms with van der Waals surface area (Å²) in [5.74, 6) is 0.0905. The molecule has 1 aliphatic carbocycles. The average Bonchev–Trinajstić information content (AvgIpc) is 2.92. The van der Waals surface area contributed by atoms with Gasteiger partial charge in [-0.25, -0.2) is 4.98 Å². The van der Waals surface area contributed by atoms with E-state index < -0.39 is 11.5 Å². The van der Waals surface area contributed by atoms with Crippen molar-refractivity contribution in [2.75, 3.05) is 12.3 Å². The van der Waals surface area contributed by atoms with E-state index in [1.807, 2.05) is 11.5 Å². The fourth-order valence-electron chi connectivity index (χ4n) is 2.85. The number of hydrogen-bond donors (Lipinski definition) is 3. The number of rotatable bonds is 2. The second-order valence-corrected chi connectivity index (χ2v) is 5.98. The molecule has 2 aromatic rings. The Hall–Kier alpha value is -1.44. The zero-order valence-electron chi connectivity index (χ0n) is 11.0. The molecule has 3 rings (SSSR count). The topological polar surface area (TPSA) is 110 Å². The van der Waals surface area contributed by atoms with E-state index in [1.165, 1.54) is 0 Å². The normalized spacial score (nSPS) is 30.2. The molecule has 108 valence electrons. The average molecular weight is 298 g/mol. The van der Waals surface area contributed by atoms with Crippen LogP contribution in [0.4, 0.5) is 5.95 Å². The predicted octanol–water partition coefficient (Wildman–Crippen LogP) is 0.756. The number of aliphatic hydroxyl groups is 2. The van der Waals surface area contributed by atoms with Crippen molar-refractivity contribution in [2.24, 2.45) is 5.41 Å². The van der Waals surface area contributed by atoms with Crippen LogP contribution >= 0.6 is 11.6 Å². The predicted molar refractivity (Wildman–Crippen MR) is 74.2 cm³/mol. The van der Waals surface area contributed by atoms with Crippen LogP contribution in [0, 0.1) is 5.41 Å². The lowest BCUT2D eigenvalue weighted by molar-refractivity contribution is 0.0201. The Morgan fingerprint density at radius 1 is 1.55 bits per heavy atom. The lowest BCUT2D eigenvalue weighted by atomic mass is 9.87. The number of nitrogens with two attached hydrogens (primary N) is 1. The SMILES string of the molecule is C[C@]1(CO)C[C@@H](n2cnc3c(Cl)nc(N)nc32)C[C@@H]1O. The molecular formula is C12H16ClN5O2. The molecule has 1 saturated carbocycles. The molecular weight excluding hydrogens is 282 g/mol. The first-order valence-electron chi connectivity index (χ1n) is 6.39. The van der Waals surface area contributed by atoms with Crippen LogP contribution in [0.3, 0.4) is 0 Å². The molecule has 2 heterocycles. The molecule has 0 aromatic carbocycles. The Morgan fingerprint density at radius 2 is 2.30 bits per heavy atom. The van der Waals surface area contributed by atoms with Gasteiger partial charge in [-0.15, -0.1) is 0 Å². The van der Waals surface area contributed by atoms with Gasteiger partial charge in [-0.3, -0.25) is 0 Å². The van der Waals surface area contributed by atoms with Crippen LogP contribution in [0.25, 0.3) is 11.2 Å². The molecule has 0 bridgehead atoms. The summed E-state index contributed by atoms with van der Waals surface area (Å²) < 4.78 is 1.85. The second-order valence-electron chi connectivity index (χ2n) is 5.62. The fourth-order valence-corrected chi connectivity index (χ4v) is 3.07.